The van der Waals surface area contributed by atoms with Gasteiger partial charge in [0, 0.05) is 17.9 Å². The van der Waals surface area contributed by atoms with Crippen LogP contribution in [0.4, 0.5) is 5.69 Å². The van der Waals surface area contributed by atoms with Crippen molar-refractivity contribution < 1.29 is 14.3 Å². The van der Waals surface area contributed by atoms with Gasteiger partial charge in [0.2, 0.25) is 5.91 Å². The van der Waals surface area contributed by atoms with Crippen molar-refractivity contribution in [1.82, 2.24) is 10.2 Å². The summed E-state index contributed by atoms with van der Waals surface area (Å²) in [5.74, 6) is 0.387. The highest BCUT2D eigenvalue weighted by Gasteiger charge is 2.40. The van der Waals surface area contributed by atoms with E-state index in [4.69, 9.17) is 9.73 Å². The minimum Gasteiger partial charge on any atom is -0.497 e. The van der Waals surface area contributed by atoms with Crippen LogP contribution in [0.2, 0.25) is 0 Å². The lowest BCUT2D eigenvalue weighted by atomic mass is 9.93. The van der Waals surface area contributed by atoms with Gasteiger partial charge in [-0.2, -0.15) is 0 Å². The van der Waals surface area contributed by atoms with Gasteiger partial charge in [0.05, 0.1) is 30.8 Å². The van der Waals surface area contributed by atoms with Crippen LogP contribution in [0.5, 0.6) is 5.75 Å². The molecule has 170 valence electrons. The Hall–Kier alpha value is -3.52. The molecule has 4 rings (SSSR count). The summed E-state index contributed by atoms with van der Waals surface area (Å²) < 4.78 is 5.45. The van der Waals surface area contributed by atoms with E-state index in [1.807, 2.05) is 78.8 Å². The first-order chi connectivity index (χ1) is 16.0. The van der Waals surface area contributed by atoms with E-state index in [1.54, 1.807) is 7.11 Å². The molecule has 33 heavy (non-hydrogen) atoms. The van der Waals surface area contributed by atoms with E-state index in [9.17, 15) is 9.59 Å². The van der Waals surface area contributed by atoms with Gasteiger partial charge in [-0.1, -0.05) is 42.1 Å². The van der Waals surface area contributed by atoms with Crippen molar-refractivity contribution in [3.05, 3.63) is 82.5 Å². The highest BCUT2D eigenvalue weighted by molar-refractivity contribution is 8.16. The van der Waals surface area contributed by atoms with E-state index >= 15 is 0 Å². The fourth-order valence-electron chi connectivity index (χ4n) is 3.93. The van der Waals surface area contributed by atoms with Gasteiger partial charge in [-0.05, 0) is 49.1 Å². The van der Waals surface area contributed by atoms with Gasteiger partial charge in [0.25, 0.3) is 5.91 Å². The van der Waals surface area contributed by atoms with Crippen LogP contribution in [0.1, 0.15) is 31.9 Å². The van der Waals surface area contributed by atoms with E-state index in [0.29, 0.717) is 29.3 Å². The lowest BCUT2D eigenvalue weighted by Gasteiger charge is -2.36. The molecule has 0 saturated heterocycles. The SMILES string of the molecule is CCNC(=O)CC1=CSC2=NC(C)=C(C(=O)Nc3ccccc3)C(c3cccc(OC)c3)N12. The predicted octanol–water partition coefficient (Wildman–Crippen LogP) is 4.44. The van der Waals surface area contributed by atoms with Gasteiger partial charge in [0.1, 0.15) is 5.75 Å². The molecule has 2 aromatic carbocycles. The number of amidine groups is 1. The zero-order valence-corrected chi connectivity index (χ0v) is 19.6. The number of aliphatic imine (C=N–C) groups is 1. The summed E-state index contributed by atoms with van der Waals surface area (Å²) in [6, 6.07) is 16.5. The summed E-state index contributed by atoms with van der Waals surface area (Å²) in [6.45, 7) is 4.30. The Morgan fingerprint density at radius 2 is 1.94 bits per heavy atom. The maximum absolute atomic E-state index is 13.5. The maximum Gasteiger partial charge on any atom is 0.255 e. The van der Waals surface area contributed by atoms with Gasteiger partial charge in [-0.3, -0.25) is 9.59 Å². The van der Waals surface area contributed by atoms with Crippen molar-refractivity contribution in [3.63, 3.8) is 0 Å². The minimum atomic E-state index is -0.452. The number of rotatable bonds is 7. The first-order valence-electron chi connectivity index (χ1n) is 10.7. The number of nitrogens with one attached hydrogen (secondary N) is 2. The average molecular weight is 463 g/mol. The average Bonchev–Trinajstić information content (AvgIpc) is 3.20. The molecule has 0 aromatic heterocycles. The van der Waals surface area contributed by atoms with E-state index in [0.717, 1.165) is 16.4 Å². The molecule has 2 heterocycles. The number of nitrogens with zero attached hydrogens (tertiary/aromatic N) is 2. The van der Waals surface area contributed by atoms with Crippen molar-refractivity contribution in [2.75, 3.05) is 19.0 Å². The van der Waals surface area contributed by atoms with Crippen LogP contribution < -0.4 is 15.4 Å². The molecule has 2 aliphatic heterocycles. The van der Waals surface area contributed by atoms with Crippen LogP contribution in [-0.4, -0.2) is 35.5 Å². The number of benzene rings is 2. The van der Waals surface area contributed by atoms with Crippen molar-refractivity contribution >= 4 is 34.4 Å². The van der Waals surface area contributed by atoms with Crippen LogP contribution in [0.15, 0.2) is 82.0 Å². The quantitative estimate of drug-likeness (QED) is 0.636. The minimum absolute atomic E-state index is 0.0726. The third kappa shape index (κ3) is 4.80. The lowest BCUT2D eigenvalue weighted by molar-refractivity contribution is -0.120. The third-order valence-corrected chi connectivity index (χ3v) is 6.29. The Labute approximate surface area is 197 Å². The summed E-state index contributed by atoms with van der Waals surface area (Å²) in [6.07, 6.45) is 0.201. The fraction of sp³-hybridized carbons (Fsp3) is 0.240. The van der Waals surface area contributed by atoms with Gasteiger partial charge < -0.3 is 20.3 Å². The number of thioether (sulfide) groups is 1. The molecule has 0 aliphatic carbocycles. The van der Waals surface area contributed by atoms with Gasteiger partial charge in [-0.15, -0.1) is 0 Å². The molecule has 2 aromatic rings. The van der Waals surface area contributed by atoms with Crippen molar-refractivity contribution in [2.45, 2.75) is 26.3 Å². The second kappa shape index (κ2) is 9.95. The highest BCUT2D eigenvalue weighted by Crippen LogP contribution is 2.45. The maximum atomic E-state index is 13.5. The smallest absolute Gasteiger partial charge is 0.255 e. The van der Waals surface area contributed by atoms with Crippen LogP contribution in [0.25, 0.3) is 0 Å². The number of carbonyl (C=O) groups is 2. The number of allylic oxidation sites excluding steroid dienone is 1. The Bertz CT molecular complexity index is 1160. The van der Waals surface area contributed by atoms with E-state index in [1.165, 1.54) is 11.8 Å². The first kappa shape index (κ1) is 22.7. The zero-order valence-electron chi connectivity index (χ0n) is 18.8. The van der Waals surface area contributed by atoms with Crippen LogP contribution in [0, 0.1) is 0 Å². The number of ether oxygens (including phenoxy) is 1. The molecule has 0 spiro atoms. The fourth-order valence-corrected chi connectivity index (χ4v) is 4.90. The van der Waals surface area contributed by atoms with Crippen LogP contribution >= 0.6 is 11.8 Å². The number of carbonyl (C=O) groups excluding carboxylic acids is 2. The van der Waals surface area contributed by atoms with Gasteiger partial charge in [-0.25, -0.2) is 4.99 Å². The number of methoxy groups -OCH3 is 1. The van der Waals surface area contributed by atoms with Crippen molar-refractivity contribution in [2.24, 2.45) is 4.99 Å². The molecule has 1 unspecified atom stereocenters. The van der Waals surface area contributed by atoms with Crippen molar-refractivity contribution in [3.8, 4) is 5.75 Å². The first-order valence-corrected chi connectivity index (χ1v) is 11.6. The molecule has 2 amide bonds. The number of amides is 2. The predicted molar refractivity (Wildman–Crippen MR) is 132 cm³/mol. The molecule has 1 atom stereocenters. The zero-order chi connectivity index (χ0) is 23.4. The van der Waals surface area contributed by atoms with E-state index < -0.39 is 6.04 Å². The number of hydrogen-bond acceptors (Lipinski definition) is 6. The van der Waals surface area contributed by atoms with Crippen LogP contribution in [0.3, 0.4) is 0 Å². The molecule has 0 fully saturated rings. The Balaban J connectivity index is 1.76. The number of hydrogen-bond donors (Lipinski definition) is 2. The molecular formula is C25H26N4O3S. The topological polar surface area (TPSA) is 83.0 Å². The molecule has 0 bridgehead atoms. The Morgan fingerprint density at radius 3 is 2.67 bits per heavy atom. The van der Waals surface area contributed by atoms with E-state index in [-0.39, 0.29) is 18.2 Å². The molecular weight excluding hydrogens is 436 g/mol. The van der Waals surface area contributed by atoms with Crippen LogP contribution in [-0.2, 0) is 9.59 Å². The van der Waals surface area contributed by atoms with Gasteiger partial charge >= 0.3 is 0 Å². The number of para-hydroxylation sites is 1. The van der Waals surface area contributed by atoms with Crippen molar-refractivity contribution in [1.29, 1.82) is 0 Å². The monoisotopic (exact) mass is 462 g/mol. The molecule has 8 heteroatoms. The molecule has 2 aliphatic rings. The third-order valence-electron chi connectivity index (χ3n) is 5.40. The Morgan fingerprint density at radius 1 is 1.15 bits per heavy atom. The molecule has 0 radical (unpaired) electrons. The largest absolute Gasteiger partial charge is 0.497 e. The summed E-state index contributed by atoms with van der Waals surface area (Å²) in [5, 5.41) is 8.53. The number of fused-ring (bicyclic) bond motifs is 1. The second-order valence-corrected chi connectivity index (χ2v) is 8.46. The summed E-state index contributed by atoms with van der Waals surface area (Å²) in [5.41, 5.74) is 3.55. The van der Waals surface area contributed by atoms with E-state index in [2.05, 4.69) is 10.6 Å². The Kier molecular flexibility index (Phi) is 6.84. The standard InChI is InChI=1S/C25H26N4O3S/c1-4-26-21(30)14-19-15-33-25-27-16(2)22(24(31)28-18-10-6-5-7-11-18)23(29(19)25)17-9-8-12-20(13-17)32-3/h5-13,15,23H,4,14H2,1-3H3,(H,26,30)(H,28,31). The lowest BCUT2D eigenvalue weighted by Crippen LogP contribution is -2.38. The molecule has 2 N–H and O–H groups in total. The molecule has 7 nitrogen and oxygen atoms in total. The molecule has 0 saturated carbocycles. The highest BCUT2D eigenvalue weighted by atomic mass is 32.2. The summed E-state index contributed by atoms with van der Waals surface area (Å²) in [7, 11) is 1.61. The second-order valence-electron chi connectivity index (χ2n) is 7.62. The summed E-state index contributed by atoms with van der Waals surface area (Å²) >= 11 is 1.46. The normalized spacial score (nSPS) is 17.2. The number of anilines is 1. The summed E-state index contributed by atoms with van der Waals surface area (Å²) in [4.78, 5) is 32.6. The van der Waals surface area contributed by atoms with Gasteiger partial charge in [0.15, 0.2) is 5.17 Å².